The van der Waals surface area contributed by atoms with Crippen LogP contribution in [0.5, 0.6) is 5.75 Å². The molecule has 0 bridgehead atoms. The number of ether oxygens (including phenoxy) is 1. The molecule has 1 aromatic heterocycles. The molecular weight excluding hydrogens is 312 g/mol. The molecule has 0 aliphatic rings. The third-order valence-corrected chi connectivity index (χ3v) is 4.20. The number of benzene rings is 1. The van der Waals surface area contributed by atoms with Crippen molar-refractivity contribution in [2.45, 2.75) is 32.6 Å². The normalized spacial score (nSPS) is 11.5. The number of hydrogen-bond acceptors (Lipinski definition) is 6. The van der Waals surface area contributed by atoms with Gasteiger partial charge in [-0.15, -0.1) is 0 Å². The van der Waals surface area contributed by atoms with E-state index in [1.165, 1.54) is 5.56 Å². The van der Waals surface area contributed by atoms with E-state index in [0.29, 0.717) is 11.6 Å². The van der Waals surface area contributed by atoms with Gasteiger partial charge in [0.2, 0.25) is 17.5 Å². The monoisotopic (exact) mass is 334 g/mol. The number of carbonyl (C=O) groups excluding carboxylic acids is 1. The van der Waals surface area contributed by atoms with Gasteiger partial charge in [-0.1, -0.05) is 38.1 Å². The zero-order valence-electron chi connectivity index (χ0n) is 14.0. The zero-order chi connectivity index (χ0) is 16.9. The molecule has 0 atom stereocenters. The number of ketones is 1. The first-order valence-corrected chi connectivity index (χ1v) is 8.63. The van der Waals surface area contributed by atoms with Crippen LogP contribution in [0.3, 0.4) is 0 Å². The van der Waals surface area contributed by atoms with Crippen molar-refractivity contribution in [1.29, 1.82) is 0 Å². The van der Waals surface area contributed by atoms with Crippen molar-refractivity contribution < 1.29 is 14.1 Å². The summed E-state index contributed by atoms with van der Waals surface area (Å²) in [5.41, 5.74) is 0.980. The van der Waals surface area contributed by atoms with Crippen LogP contribution < -0.4 is 4.74 Å². The average molecular weight is 334 g/mol. The first kappa shape index (κ1) is 17.5. The number of rotatable bonds is 7. The van der Waals surface area contributed by atoms with Crippen LogP contribution in [0.4, 0.5) is 0 Å². The van der Waals surface area contributed by atoms with Crippen molar-refractivity contribution in [2.75, 3.05) is 18.6 Å². The van der Waals surface area contributed by atoms with Gasteiger partial charge in [0.05, 0.1) is 12.9 Å². The maximum Gasteiger partial charge on any atom is 0.239 e. The van der Waals surface area contributed by atoms with Gasteiger partial charge >= 0.3 is 0 Å². The van der Waals surface area contributed by atoms with Crippen LogP contribution in [-0.4, -0.2) is 34.5 Å². The van der Waals surface area contributed by atoms with E-state index < -0.39 is 0 Å². The molecule has 1 aromatic carbocycles. The Morgan fingerprint density at radius 2 is 1.96 bits per heavy atom. The highest BCUT2D eigenvalue weighted by atomic mass is 32.2. The maximum absolute atomic E-state index is 12.1. The number of hydrogen-bond donors (Lipinski definition) is 0. The Morgan fingerprint density at radius 3 is 2.52 bits per heavy atom. The van der Waals surface area contributed by atoms with Gasteiger partial charge in [0.25, 0.3) is 0 Å². The topological polar surface area (TPSA) is 65.2 Å². The quantitative estimate of drug-likeness (QED) is 0.570. The number of thioether (sulfide) groups is 1. The maximum atomic E-state index is 12.1. The van der Waals surface area contributed by atoms with Gasteiger partial charge in [-0.05, 0) is 29.9 Å². The summed E-state index contributed by atoms with van der Waals surface area (Å²) in [5, 5.41) is 3.78. The number of methoxy groups -OCH3 is 1. The molecule has 0 radical (unpaired) electrons. The number of carbonyl (C=O) groups is 1. The molecule has 0 aliphatic heterocycles. The van der Waals surface area contributed by atoms with Crippen molar-refractivity contribution in [2.24, 2.45) is 0 Å². The zero-order valence-corrected chi connectivity index (χ0v) is 14.8. The summed E-state index contributed by atoms with van der Waals surface area (Å²) in [5.74, 6) is 2.64. The van der Waals surface area contributed by atoms with Crippen molar-refractivity contribution in [3.8, 4) is 5.75 Å². The van der Waals surface area contributed by atoms with Crippen LogP contribution in [0, 0.1) is 0 Å². The van der Waals surface area contributed by atoms with E-state index in [1.54, 1.807) is 18.9 Å². The summed E-state index contributed by atoms with van der Waals surface area (Å²) in [6.45, 7) is 5.91. The Hall–Kier alpha value is -1.82. The lowest BCUT2D eigenvalue weighted by Crippen LogP contribution is -2.12. The molecule has 0 saturated carbocycles. The minimum Gasteiger partial charge on any atom is -0.497 e. The van der Waals surface area contributed by atoms with Crippen LogP contribution >= 0.6 is 11.8 Å². The van der Waals surface area contributed by atoms with E-state index in [0.717, 1.165) is 17.9 Å². The van der Waals surface area contributed by atoms with Gasteiger partial charge in [-0.3, -0.25) is 4.79 Å². The van der Waals surface area contributed by atoms with Crippen LogP contribution in [0.2, 0.25) is 0 Å². The molecule has 6 heteroatoms. The second kappa shape index (κ2) is 7.64. The van der Waals surface area contributed by atoms with Crippen LogP contribution in [0.1, 0.15) is 42.8 Å². The summed E-state index contributed by atoms with van der Waals surface area (Å²) in [7, 11) is 1.65. The van der Waals surface area contributed by atoms with Crippen LogP contribution in [0.15, 0.2) is 28.8 Å². The van der Waals surface area contributed by atoms with E-state index in [1.807, 2.05) is 45.0 Å². The standard InChI is InChI=1S/C17H22N2O3S/c1-17(2,3)16-18-15(19-22-16)14(20)11-23-10-9-12-5-7-13(21-4)8-6-12/h5-8H,9-11H2,1-4H3. The lowest BCUT2D eigenvalue weighted by Gasteiger charge is -2.10. The van der Waals surface area contributed by atoms with Crippen molar-refractivity contribution in [3.63, 3.8) is 0 Å². The molecule has 2 rings (SSSR count). The van der Waals surface area contributed by atoms with Crippen LogP contribution in [-0.2, 0) is 11.8 Å². The van der Waals surface area contributed by atoms with E-state index in [2.05, 4.69) is 10.1 Å². The van der Waals surface area contributed by atoms with Gasteiger partial charge in [-0.2, -0.15) is 16.7 Å². The van der Waals surface area contributed by atoms with E-state index in [4.69, 9.17) is 9.26 Å². The van der Waals surface area contributed by atoms with Gasteiger partial charge < -0.3 is 9.26 Å². The Bertz CT molecular complexity index is 645. The summed E-state index contributed by atoms with van der Waals surface area (Å²) in [4.78, 5) is 16.2. The summed E-state index contributed by atoms with van der Waals surface area (Å²) in [6.07, 6.45) is 0.904. The average Bonchev–Trinajstić information content (AvgIpc) is 3.02. The van der Waals surface area contributed by atoms with E-state index in [-0.39, 0.29) is 17.0 Å². The van der Waals surface area contributed by atoms with Gasteiger partial charge in [0.1, 0.15) is 5.75 Å². The summed E-state index contributed by atoms with van der Waals surface area (Å²) in [6, 6.07) is 7.96. The third-order valence-electron chi connectivity index (χ3n) is 3.24. The highest BCUT2D eigenvalue weighted by molar-refractivity contribution is 7.99. The third kappa shape index (κ3) is 5.10. The molecule has 0 amide bonds. The SMILES string of the molecule is COc1ccc(CCSCC(=O)c2noc(C(C)(C)C)n2)cc1. The minimum atomic E-state index is -0.243. The molecule has 0 N–H and O–H groups in total. The second-order valence-electron chi connectivity index (χ2n) is 6.25. The summed E-state index contributed by atoms with van der Waals surface area (Å²) >= 11 is 1.58. The first-order valence-electron chi connectivity index (χ1n) is 7.48. The number of aromatic nitrogens is 2. The Kier molecular flexibility index (Phi) is 5.82. The number of aryl methyl sites for hydroxylation is 1. The first-order chi connectivity index (χ1) is 10.9. The molecule has 0 aliphatic carbocycles. The van der Waals surface area contributed by atoms with Crippen molar-refractivity contribution >= 4 is 17.5 Å². The fourth-order valence-corrected chi connectivity index (χ4v) is 2.69. The Morgan fingerprint density at radius 1 is 1.26 bits per heavy atom. The highest BCUT2D eigenvalue weighted by Gasteiger charge is 2.23. The molecule has 23 heavy (non-hydrogen) atoms. The Labute approximate surface area is 140 Å². The lowest BCUT2D eigenvalue weighted by molar-refractivity contribution is 0.101. The van der Waals surface area contributed by atoms with Crippen molar-refractivity contribution in [3.05, 3.63) is 41.5 Å². The van der Waals surface area contributed by atoms with Crippen LogP contribution in [0.25, 0.3) is 0 Å². The summed E-state index contributed by atoms with van der Waals surface area (Å²) < 4.78 is 10.3. The predicted octanol–water partition coefficient (Wildman–Crippen LogP) is 3.53. The fourth-order valence-electron chi connectivity index (χ4n) is 1.85. The van der Waals surface area contributed by atoms with E-state index >= 15 is 0 Å². The van der Waals surface area contributed by atoms with Gasteiger partial charge in [0, 0.05) is 5.41 Å². The van der Waals surface area contributed by atoms with Crippen molar-refractivity contribution in [1.82, 2.24) is 10.1 Å². The van der Waals surface area contributed by atoms with Gasteiger partial charge in [0.15, 0.2) is 0 Å². The second-order valence-corrected chi connectivity index (χ2v) is 7.35. The predicted molar refractivity (Wildman–Crippen MR) is 91.4 cm³/mol. The fraction of sp³-hybridized carbons (Fsp3) is 0.471. The molecule has 5 nitrogen and oxygen atoms in total. The molecule has 2 aromatic rings. The highest BCUT2D eigenvalue weighted by Crippen LogP contribution is 2.20. The minimum absolute atomic E-state index is 0.0935. The molecule has 0 unspecified atom stereocenters. The molecular formula is C17H22N2O3S. The number of nitrogens with zero attached hydrogens (tertiary/aromatic N) is 2. The largest absolute Gasteiger partial charge is 0.497 e. The smallest absolute Gasteiger partial charge is 0.239 e. The molecule has 0 spiro atoms. The molecule has 124 valence electrons. The number of Topliss-reactive ketones (excluding diaryl/α,β-unsaturated/α-hetero) is 1. The molecule has 0 fully saturated rings. The Balaban J connectivity index is 1.77. The molecule has 0 saturated heterocycles. The van der Waals surface area contributed by atoms with Gasteiger partial charge in [-0.25, -0.2) is 0 Å². The molecule has 1 heterocycles. The lowest BCUT2D eigenvalue weighted by atomic mass is 9.97. The van der Waals surface area contributed by atoms with E-state index in [9.17, 15) is 4.79 Å².